The van der Waals surface area contributed by atoms with E-state index in [1.807, 2.05) is 0 Å². The predicted octanol–water partition coefficient (Wildman–Crippen LogP) is 3.42. The van der Waals surface area contributed by atoms with Crippen molar-refractivity contribution >= 4 is 0 Å². The number of rotatable bonds is 6. The highest BCUT2D eigenvalue weighted by Crippen LogP contribution is 2.44. The van der Waals surface area contributed by atoms with Crippen molar-refractivity contribution < 1.29 is 0 Å². The summed E-state index contributed by atoms with van der Waals surface area (Å²) in [4.78, 5) is 0. The van der Waals surface area contributed by atoms with Crippen LogP contribution in [-0.2, 0) is 11.8 Å². The van der Waals surface area contributed by atoms with Gasteiger partial charge in [-0.15, -0.1) is 0 Å². The molecule has 0 atom stereocenters. The minimum atomic E-state index is -0.0534. The van der Waals surface area contributed by atoms with E-state index in [0.29, 0.717) is 0 Å². The minimum absolute atomic E-state index is 0.0534. The number of hydrogen-bond acceptors (Lipinski definition) is 2. The zero-order valence-electron chi connectivity index (χ0n) is 12.3. The Hall–Kier alpha value is -1.33. The number of hydrogen-bond donors (Lipinski definition) is 1. The Bertz CT molecular complexity index is 461. The van der Waals surface area contributed by atoms with Crippen molar-refractivity contribution in [1.29, 1.82) is 5.26 Å². The summed E-state index contributed by atoms with van der Waals surface area (Å²) < 4.78 is 0. The van der Waals surface area contributed by atoms with E-state index in [2.05, 4.69) is 56.4 Å². The van der Waals surface area contributed by atoms with Gasteiger partial charge in [-0.3, -0.25) is 0 Å². The molecule has 0 radical (unpaired) electrons. The summed E-state index contributed by atoms with van der Waals surface area (Å²) in [6, 6.07) is 11.3. The Balaban J connectivity index is 1.91. The molecule has 2 nitrogen and oxygen atoms in total. The summed E-state index contributed by atoms with van der Waals surface area (Å²) in [7, 11) is 0. The number of aryl methyl sites for hydroxylation is 1. The van der Waals surface area contributed by atoms with E-state index in [1.54, 1.807) is 0 Å². The number of nitrogens with zero attached hydrogens (tertiary/aromatic N) is 1. The number of nitriles is 1. The summed E-state index contributed by atoms with van der Waals surface area (Å²) >= 11 is 0. The van der Waals surface area contributed by atoms with Gasteiger partial charge < -0.3 is 5.32 Å². The molecule has 1 aliphatic carbocycles. The zero-order valence-corrected chi connectivity index (χ0v) is 12.3. The van der Waals surface area contributed by atoms with Crippen LogP contribution in [0.5, 0.6) is 0 Å². The Morgan fingerprint density at radius 3 is 2.37 bits per heavy atom. The molecule has 1 fully saturated rings. The van der Waals surface area contributed by atoms with E-state index >= 15 is 0 Å². The van der Waals surface area contributed by atoms with Gasteiger partial charge in [-0.2, -0.15) is 5.26 Å². The van der Waals surface area contributed by atoms with Crippen LogP contribution in [0.2, 0.25) is 0 Å². The molecule has 1 N–H and O–H groups in total. The first-order valence-electron chi connectivity index (χ1n) is 7.23. The first-order valence-corrected chi connectivity index (χ1v) is 7.23. The van der Waals surface area contributed by atoms with E-state index < -0.39 is 0 Å². The Labute approximate surface area is 116 Å². The van der Waals surface area contributed by atoms with Crippen LogP contribution in [-0.4, -0.2) is 13.1 Å². The van der Waals surface area contributed by atoms with Crippen LogP contribution in [0.4, 0.5) is 0 Å². The molecule has 0 heterocycles. The molecule has 0 amide bonds. The fourth-order valence-electron chi connectivity index (χ4n) is 2.39. The van der Waals surface area contributed by atoms with Gasteiger partial charge in [0.2, 0.25) is 0 Å². The normalized spacial score (nSPS) is 16.9. The highest BCUT2D eigenvalue weighted by atomic mass is 14.9. The van der Waals surface area contributed by atoms with Crippen LogP contribution in [0.1, 0.15) is 44.7 Å². The van der Waals surface area contributed by atoms with Gasteiger partial charge >= 0.3 is 0 Å². The average molecular weight is 256 g/mol. The smallest absolute Gasteiger partial charge is 0.0703 e. The molecule has 19 heavy (non-hydrogen) atoms. The summed E-state index contributed by atoms with van der Waals surface area (Å²) in [6.07, 6.45) is 3.20. The molecule has 2 heteroatoms. The molecule has 1 saturated carbocycles. The maximum absolute atomic E-state index is 9.07. The maximum Gasteiger partial charge on any atom is 0.0703 e. The molecule has 1 aromatic rings. The minimum Gasteiger partial charge on any atom is -0.314 e. The van der Waals surface area contributed by atoms with Crippen LogP contribution in [0.3, 0.4) is 0 Å². The second kappa shape index (κ2) is 5.35. The van der Waals surface area contributed by atoms with E-state index in [4.69, 9.17) is 5.26 Å². The van der Waals surface area contributed by atoms with Gasteiger partial charge in [-0.05, 0) is 30.4 Å². The van der Waals surface area contributed by atoms with E-state index in [1.165, 1.54) is 11.1 Å². The molecule has 1 aliphatic rings. The van der Waals surface area contributed by atoms with Crippen LogP contribution >= 0.6 is 0 Å². The SMILES string of the molecule is CCc1ccc(C(C)(C)CNCC2(C#N)CC2)cc1. The third kappa shape index (κ3) is 3.36. The summed E-state index contributed by atoms with van der Waals surface area (Å²) in [5, 5.41) is 12.6. The van der Waals surface area contributed by atoms with Crippen LogP contribution in [0, 0.1) is 16.7 Å². The van der Waals surface area contributed by atoms with E-state index in [-0.39, 0.29) is 10.8 Å². The fraction of sp³-hybridized carbons (Fsp3) is 0.588. The molecule has 0 saturated heterocycles. The third-order valence-electron chi connectivity index (χ3n) is 4.26. The second-order valence-corrected chi connectivity index (χ2v) is 6.43. The van der Waals surface area contributed by atoms with E-state index in [9.17, 15) is 0 Å². The molecule has 0 aliphatic heterocycles. The second-order valence-electron chi connectivity index (χ2n) is 6.43. The Morgan fingerprint density at radius 2 is 1.89 bits per heavy atom. The number of nitrogens with one attached hydrogen (secondary N) is 1. The molecule has 2 rings (SSSR count). The van der Waals surface area contributed by atoms with Gasteiger partial charge in [0.25, 0.3) is 0 Å². The summed E-state index contributed by atoms with van der Waals surface area (Å²) in [5.41, 5.74) is 2.80. The van der Waals surface area contributed by atoms with Crippen LogP contribution in [0.15, 0.2) is 24.3 Å². The van der Waals surface area contributed by atoms with Crippen molar-refractivity contribution in [3.8, 4) is 6.07 Å². The quantitative estimate of drug-likeness (QED) is 0.846. The predicted molar refractivity (Wildman–Crippen MR) is 79.0 cm³/mol. The van der Waals surface area contributed by atoms with Gasteiger partial charge in [-0.1, -0.05) is 45.0 Å². The highest BCUT2D eigenvalue weighted by molar-refractivity contribution is 5.28. The van der Waals surface area contributed by atoms with Crippen molar-refractivity contribution in [3.63, 3.8) is 0 Å². The van der Waals surface area contributed by atoms with Crippen molar-refractivity contribution in [2.45, 2.75) is 45.4 Å². The topological polar surface area (TPSA) is 35.8 Å². The standard InChI is InChI=1S/C17H24N2/c1-4-14-5-7-15(8-6-14)16(2,3)12-19-13-17(11-18)9-10-17/h5-8,19H,4,9-10,12-13H2,1-3H3. The highest BCUT2D eigenvalue weighted by Gasteiger charge is 2.42. The monoisotopic (exact) mass is 256 g/mol. The van der Waals surface area contributed by atoms with Crippen LogP contribution < -0.4 is 5.32 Å². The fourth-order valence-corrected chi connectivity index (χ4v) is 2.39. The largest absolute Gasteiger partial charge is 0.314 e. The molecule has 1 aromatic carbocycles. The first-order chi connectivity index (χ1) is 9.01. The van der Waals surface area contributed by atoms with Crippen molar-refractivity contribution in [2.24, 2.45) is 5.41 Å². The lowest BCUT2D eigenvalue weighted by atomic mass is 9.84. The van der Waals surface area contributed by atoms with Gasteiger partial charge in [0.05, 0.1) is 11.5 Å². The molecule has 0 spiro atoms. The maximum atomic E-state index is 9.07. The molecule has 0 bridgehead atoms. The van der Waals surface area contributed by atoms with Crippen molar-refractivity contribution in [1.82, 2.24) is 5.32 Å². The van der Waals surface area contributed by atoms with Crippen molar-refractivity contribution in [2.75, 3.05) is 13.1 Å². The van der Waals surface area contributed by atoms with Crippen LogP contribution in [0.25, 0.3) is 0 Å². The third-order valence-corrected chi connectivity index (χ3v) is 4.26. The molecule has 102 valence electrons. The lowest BCUT2D eigenvalue weighted by Crippen LogP contribution is -2.35. The molecular formula is C17H24N2. The summed E-state index contributed by atoms with van der Waals surface area (Å²) in [6.45, 7) is 8.44. The van der Waals surface area contributed by atoms with E-state index in [0.717, 1.165) is 32.4 Å². The van der Waals surface area contributed by atoms with Gasteiger partial charge in [-0.25, -0.2) is 0 Å². The van der Waals surface area contributed by atoms with Crippen molar-refractivity contribution in [3.05, 3.63) is 35.4 Å². The average Bonchev–Trinajstić information content (AvgIpc) is 3.19. The van der Waals surface area contributed by atoms with Gasteiger partial charge in [0, 0.05) is 18.5 Å². The number of benzene rings is 1. The van der Waals surface area contributed by atoms with Gasteiger partial charge in [0.15, 0.2) is 0 Å². The molecule has 0 aromatic heterocycles. The Morgan fingerprint density at radius 1 is 1.26 bits per heavy atom. The summed E-state index contributed by atoms with van der Waals surface area (Å²) in [5.74, 6) is 0. The zero-order chi connectivity index (χ0) is 13.9. The molecule has 0 unspecified atom stereocenters. The lowest BCUT2D eigenvalue weighted by Gasteiger charge is -2.26. The lowest BCUT2D eigenvalue weighted by molar-refractivity contribution is 0.443. The first kappa shape index (κ1) is 14.1. The van der Waals surface area contributed by atoms with Gasteiger partial charge in [0.1, 0.15) is 0 Å². The molecular weight excluding hydrogens is 232 g/mol. The Kier molecular flexibility index (Phi) is 3.96.